The lowest BCUT2D eigenvalue weighted by Gasteiger charge is -2.17. The molecule has 0 bridgehead atoms. The molecule has 0 radical (unpaired) electrons. The van der Waals surface area contributed by atoms with Gasteiger partial charge >= 0.3 is 0 Å². The number of benzene rings is 1. The molecule has 18 heavy (non-hydrogen) atoms. The van der Waals surface area contributed by atoms with Gasteiger partial charge < -0.3 is 5.32 Å². The summed E-state index contributed by atoms with van der Waals surface area (Å²) in [4.78, 5) is 13.3. The maximum atomic E-state index is 11.0. The number of nitrogens with zero attached hydrogens (tertiary/aromatic N) is 1. The molecule has 0 spiro atoms. The second-order valence-corrected chi connectivity index (χ2v) is 5.98. The van der Waals surface area contributed by atoms with Crippen molar-refractivity contribution in [3.8, 4) is 0 Å². The number of hydrogen-bond donors (Lipinski definition) is 1. The van der Waals surface area contributed by atoms with E-state index in [1.807, 2.05) is 18.2 Å². The van der Waals surface area contributed by atoms with Gasteiger partial charge in [0.1, 0.15) is 0 Å². The first-order chi connectivity index (χ1) is 8.54. The van der Waals surface area contributed by atoms with Crippen LogP contribution >= 0.6 is 27.5 Å². The molecule has 1 aliphatic heterocycles. The van der Waals surface area contributed by atoms with Crippen LogP contribution < -0.4 is 5.32 Å². The number of carbonyl (C=O) groups excluding carboxylic acids is 1. The minimum Gasteiger partial charge on any atom is -0.352 e. The zero-order valence-electron chi connectivity index (χ0n) is 10.2. The van der Waals surface area contributed by atoms with Crippen LogP contribution in [-0.2, 0) is 11.3 Å². The van der Waals surface area contributed by atoms with Gasteiger partial charge in [0.25, 0.3) is 0 Å². The standard InChI is InChI=1S/C13H16BrClN2O/c1-9(18)16-12-4-5-17(8-12)7-10-2-3-11(14)6-13(10)15/h2-3,6,12H,4-5,7-8H2,1H3,(H,16,18). The van der Waals surface area contributed by atoms with Crippen LogP contribution in [0.5, 0.6) is 0 Å². The zero-order valence-corrected chi connectivity index (χ0v) is 12.6. The van der Waals surface area contributed by atoms with E-state index in [1.54, 1.807) is 6.92 Å². The van der Waals surface area contributed by atoms with Gasteiger partial charge in [-0.1, -0.05) is 33.6 Å². The molecule has 0 aromatic heterocycles. The molecule has 3 nitrogen and oxygen atoms in total. The van der Waals surface area contributed by atoms with Crippen LogP contribution in [0, 0.1) is 0 Å². The number of hydrogen-bond acceptors (Lipinski definition) is 2. The summed E-state index contributed by atoms with van der Waals surface area (Å²) in [5.41, 5.74) is 1.13. The van der Waals surface area contributed by atoms with E-state index in [2.05, 4.69) is 26.1 Å². The highest BCUT2D eigenvalue weighted by molar-refractivity contribution is 9.10. The van der Waals surface area contributed by atoms with Crippen LogP contribution in [0.4, 0.5) is 0 Å². The normalized spacial score (nSPS) is 20.1. The van der Waals surface area contributed by atoms with Gasteiger partial charge in [0.05, 0.1) is 0 Å². The molecule has 1 fully saturated rings. The van der Waals surface area contributed by atoms with Gasteiger partial charge in [0.2, 0.25) is 5.91 Å². The number of rotatable bonds is 3. The number of carbonyl (C=O) groups is 1. The van der Waals surface area contributed by atoms with Crippen molar-refractivity contribution in [2.75, 3.05) is 13.1 Å². The fourth-order valence-corrected chi connectivity index (χ4v) is 3.01. The van der Waals surface area contributed by atoms with Gasteiger partial charge in [-0.25, -0.2) is 0 Å². The Kier molecular flexibility index (Phi) is 4.65. The quantitative estimate of drug-likeness (QED) is 0.924. The van der Waals surface area contributed by atoms with Crippen molar-refractivity contribution in [2.45, 2.75) is 25.9 Å². The molecule has 1 unspecified atom stereocenters. The summed E-state index contributed by atoms with van der Waals surface area (Å²) in [6.07, 6.45) is 1.01. The Balaban J connectivity index is 1.93. The molecule has 2 rings (SSSR count). The first-order valence-electron chi connectivity index (χ1n) is 5.98. The lowest BCUT2D eigenvalue weighted by molar-refractivity contribution is -0.119. The number of nitrogens with one attached hydrogen (secondary N) is 1. The third kappa shape index (κ3) is 3.70. The molecule has 5 heteroatoms. The largest absolute Gasteiger partial charge is 0.352 e. The van der Waals surface area contributed by atoms with Crippen molar-refractivity contribution in [1.82, 2.24) is 10.2 Å². The molecule has 1 N–H and O–H groups in total. The minimum atomic E-state index is 0.0449. The SMILES string of the molecule is CC(=O)NC1CCN(Cc2ccc(Br)cc2Cl)C1. The maximum Gasteiger partial charge on any atom is 0.217 e. The molecule has 0 aliphatic carbocycles. The fraction of sp³-hybridized carbons (Fsp3) is 0.462. The van der Waals surface area contributed by atoms with E-state index in [0.29, 0.717) is 0 Å². The summed E-state index contributed by atoms with van der Waals surface area (Å²) in [5, 5.41) is 3.74. The van der Waals surface area contributed by atoms with Crippen molar-refractivity contribution in [2.24, 2.45) is 0 Å². The summed E-state index contributed by atoms with van der Waals surface area (Å²) in [7, 11) is 0. The molecule has 1 aliphatic rings. The number of halogens is 2. The van der Waals surface area contributed by atoms with Crippen LogP contribution in [0.25, 0.3) is 0 Å². The Morgan fingerprint density at radius 1 is 1.61 bits per heavy atom. The summed E-state index contributed by atoms with van der Waals surface area (Å²) in [6, 6.07) is 6.23. The van der Waals surface area contributed by atoms with E-state index >= 15 is 0 Å². The highest BCUT2D eigenvalue weighted by Crippen LogP contribution is 2.24. The van der Waals surface area contributed by atoms with Crippen molar-refractivity contribution in [3.05, 3.63) is 33.3 Å². The van der Waals surface area contributed by atoms with Crippen LogP contribution in [0.3, 0.4) is 0 Å². The Morgan fingerprint density at radius 2 is 2.39 bits per heavy atom. The topological polar surface area (TPSA) is 32.3 Å². The van der Waals surface area contributed by atoms with E-state index < -0.39 is 0 Å². The minimum absolute atomic E-state index is 0.0449. The molecule has 1 atom stereocenters. The number of likely N-dealkylation sites (tertiary alicyclic amines) is 1. The first kappa shape index (κ1) is 13.8. The molecular formula is C13H16BrClN2O. The third-order valence-corrected chi connectivity index (χ3v) is 3.93. The predicted molar refractivity (Wildman–Crippen MR) is 76.7 cm³/mol. The molecule has 1 amide bonds. The van der Waals surface area contributed by atoms with E-state index in [0.717, 1.165) is 41.1 Å². The third-order valence-electron chi connectivity index (χ3n) is 3.09. The Morgan fingerprint density at radius 3 is 3.06 bits per heavy atom. The lowest BCUT2D eigenvalue weighted by atomic mass is 10.2. The van der Waals surface area contributed by atoms with Gasteiger partial charge in [0.15, 0.2) is 0 Å². The van der Waals surface area contributed by atoms with E-state index in [1.165, 1.54) is 0 Å². The Bertz CT molecular complexity index is 453. The second kappa shape index (κ2) is 6.04. The molecule has 1 aromatic carbocycles. The maximum absolute atomic E-state index is 11.0. The van der Waals surface area contributed by atoms with Crippen molar-refractivity contribution >= 4 is 33.4 Å². The van der Waals surface area contributed by atoms with Gasteiger partial charge in [-0.05, 0) is 24.1 Å². The molecular weight excluding hydrogens is 316 g/mol. The van der Waals surface area contributed by atoms with E-state index in [-0.39, 0.29) is 11.9 Å². The highest BCUT2D eigenvalue weighted by atomic mass is 79.9. The van der Waals surface area contributed by atoms with Crippen molar-refractivity contribution in [1.29, 1.82) is 0 Å². The summed E-state index contributed by atoms with van der Waals surface area (Å²) >= 11 is 9.60. The summed E-state index contributed by atoms with van der Waals surface area (Å²) in [6.45, 7) is 4.29. The Labute approximate surface area is 121 Å². The zero-order chi connectivity index (χ0) is 13.1. The van der Waals surface area contributed by atoms with E-state index in [4.69, 9.17) is 11.6 Å². The molecule has 1 saturated heterocycles. The summed E-state index contributed by atoms with van der Waals surface area (Å²) < 4.78 is 0.994. The average Bonchev–Trinajstić information content (AvgIpc) is 2.69. The fourth-order valence-electron chi connectivity index (χ4n) is 2.27. The van der Waals surface area contributed by atoms with Gasteiger partial charge in [0, 0.05) is 42.1 Å². The van der Waals surface area contributed by atoms with Crippen molar-refractivity contribution in [3.63, 3.8) is 0 Å². The van der Waals surface area contributed by atoms with Gasteiger partial charge in [-0.3, -0.25) is 9.69 Å². The summed E-state index contributed by atoms with van der Waals surface area (Å²) in [5.74, 6) is 0.0449. The van der Waals surface area contributed by atoms with Crippen LogP contribution in [0.2, 0.25) is 5.02 Å². The smallest absolute Gasteiger partial charge is 0.217 e. The van der Waals surface area contributed by atoms with Crippen molar-refractivity contribution < 1.29 is 4.79 Å². The Hall–Kier alpha value is -0.580. The monoisotopic (exact) mass is 330 g/mol. The van der Waals surface area contributed by atoms with Gasteiger partial charge in [-0.15, -0.1) is 0 Å². The van der Waals surface area contributed by atoms with Crippen LogP contribution in [0.1, 0.15) is 18.9 Å². The molecule has 0 saturated carbocycles. The second-order valence-electron chi connectivity index (χ2n) is 4.66. The van der Waals surface area contributed by atoms with Crippen LogP contribution in [-0.4, -0.2) is 29.9 Å². The average molecular weight is 332 g/mol. The van der Waals surface area contributed by atoms with Gasteiger partial charge in [-0.2, -0.15) is 0 Å². The lowest BCUT2D eigenvalue weighted by Crippen LogP contribution is -2.35. The molecule has 1 heterocycles. The highest BCUT2D eigenvalue weighted by Gasteiger charge is 2.23. The molecule has 1 aromatic rings. The number of amides is 1. The predicted octanol–water partition coefficient (Wildman–Crippen LogP) is 2.81. The van der Waals surface area contributed by atoms with E-state index in [9.17, 15) is 4.79 Å². The molecule has 98 valence electrons. The first-order valence-corrected chi connectivity index (χ1v) is 7.15. The van der Waals surface area contributed by atoms with Crippen LogP contribution in [0.15, 0.2) is 22.7 Å².